The average Bonchev–Trinajstić information content (AvgIpc) is 3.10. The third-order valence-electron chi connectivity index (χ3n) is 3.10. The van der Waals surface area contributed by atoms with Gasteiger partial charge in [0.2, 0.25) is 0 Å². The van der Waals surface area contributed by atoms with Crippen molar-refractivity contribution in [3.05, 3.63) is 27.3 Å². The van der Waals surface area contributed by atoms with Crippen LogP contribution in [-0.4, -0.2) is 35.3 Å². The molecule has 3 rings (SSSR count). The van der Waals surface area contributed by atoms with Crippen LogP contribution in [0.15, 0.2) is 22.4 Å². The summed E-state index contributed by atoms with van der Waals surface area (Å²) in [6, 6.07) is 3.85. The Balaban J connectivity index is 1.73. The van der Waals surface area contributed by atoms with Gasteiger partial charge >= 0.3 is 0 Å². The molecule has 2 saturated heterocycles. The lowest BCUT2D eigenvalue weighted by molar-refractivity contribution is -0.123. The Labute approximate surface area is 119 Å². The lowest BCUT2D eigenvalue weighted by Gasteiger charge is -2.16. The van der Waals surface area contributed by atoms with Gasteiger partial charge < -0.3 is 4.74 Å². The first-order valence-electron chi connectivity index (χ1n) is 6.14. The molecule has 0 spiro atoms. The van der Waals surface area contributed by atoms with E-state index in [1.54, 1.807) is 17.4 Å². The van der Waals surface area contributed by atoms with Crippen molar-refractivity contribution in [2.24, 2.45) is 0 Å². The summed E-state index contributed by atoms with van der Waals surface area (Å²) in [4.78, 5) is 26.9. The zero-order chi connectivity index (χ0) is 13.2. The van der Waals surface area contributed by atoms with Gasteiger partial charge in [0.1, 0.15) is 0 Å². The SMILES string of the molecule is O=C1S/C(=C/c2cccs2)C(=O)N1CC1CCCO1. The number of thioether (sulfide) groups is 1. The van der Waals surface area contributed by atoms with Crippen molar-refractivity contribution >= 4 is 40.3 Å². The van der Waals surface area contributed by atoms with E-state index in [0.717, 1.165) is 36.1 Å². The number of hydrogen-bond acceptors (Lipinski definition) is 5. The Hall–Kier alpha value is -1.11. The molecule has 1 unspecified atom stereocenters. The van der Waals surface area contributed by atoms with Crippen LogP contribution in [0.25, 0.3) is 6.08 Å². The number of rotatable bonds is 3. The van der Waals surface area contributed by atoms with E-state index in [0.29, 0.717) is 11.4 Å². The number of thiophene rings is 1. The Kier molecular flexibility index (Phi) is 3.72. The molecule has 6 heteroatoms. The van der Waals surface area contributed by atoms with Crippen molar-refractivity contribution in [2.75, 3.05) is 13.2 Å². The quantitative estimate of drug-likeness (QED) is 0.804. The van der Waals surface area contributed by atoms with Gasteiger partial charge in [-0.1, -0.05) is 6.07 Å². The maximum Gasteiger partial charge on any atom is 0.293 e. The molecule has 1 atom stereocenters. The molecule has 100 valence electrons. The fraction of sp³-hybridized carbons (Fsp3) is 0.385. The summed E-state index contributed by atoms with van der Waals surface area (Å²) in [6.45, 7) is 1.11. The van der Waals surface area contributed by atoms with E-state index in [1.807, 2.05) is 17.5 Å². The molecule has 0 bridgehead atoms. The molecule has 1 aromatic heterocycles. The van der Waals surface area contributed by atoms with E-state index in [-0.39, 0.29) is 17.3 Å². The van der Waals surface area contributed by atoms with Crippen molar-refractivity contribution in [2.45, 2.75) is 18.9 Å². The minimum absolute atomic E-state index is 0.00888. The van der Waals surface area contributed by atoms with Crippen LogP contribution in [-0.2, 0) is 9.53 Å². The molecule has 2 fully saturated rings. The van der Waals surface area contributed by atoms with Gasteiger partial charge in [-0.3, -0.25) is 14.5 Å². The topological polar surface area (TPSA) is 46.6 Å². The molecule has 3 heterocycles. The highest BCUT2D eigenvalue weighted by molar-refractivity contribution is 8.18. The van der Waals surface area contributed by atoms with Crippen molar-refractivity contribution in [3.63, 3.8) is 0 Å². The minimum Gasteiger partial charge on any atom is -0.376 e. The first-order valence-corrected chi connectivity index (χ1v) is 7.84. The summed E-state index contributed by atoms with van der Waals surface area (Å²) < 4.78 is 5.48. The van der Waals surface area contributed by atoms with E-state index in [2.05, 4.69) is 0 Å². The Morgan fingerprint density at radius 3 is 3.05 bits per heavy atom. The van der Waals surface area contributed by atoms with Crippen molar-refractivity contribution < 1.29 is 14.3 Å². The first-order chi connectivity index (χ1) is 9.24. The maximum absolute atomic E-state index is 12.2. The highest BCUT2D eigenvalue weighted by Gasteiger charge is 2.37. The normalized spacial score (nSPS) is 25.8. The molecule has 0 aliphatic carbocycles. The predicted octanol–water partition coefficient (Wildman–Crippen LogP) is 2.96. The second-order valence-corrected chi connectivity index (χ2v) is 6.42. The van der Waals surface area contributed by atoms with E-state index < -0.39 is 0 Å². The summed E-state index contributed by atoms with van der Waals surface area (Å²) in [7, 11) is 0. The summed E-state index contributed by atoms with van der Waals surface area (Å²) in [5, 5.41) is 1.76. The van der Waals surface area contributed by atoms with Crippen LogP contribution in [0.1, 0.15) is 17.7 Å². The largest absolute Gasteiger partial charge is 0.376 e. The lowest BCUT2D eigenvalue weighted by atomic mass is 10.2. The molecule has 0 N–H and O–H groups in total. The molecule has 4 nitrogen and oxygen atoms in total. The summed E-state index contributed by atoms with van der Waals surface area (Å²) in [5.74, 6) is -0.195. The predicted molar refractivity (Wildman–Crippen MR) is 76.0 cm³/mol. The van der Waals surface area contributed by atoms with Gasteiger partial charge in [-0.05, 0) is 42.1 Å². The number of nitrogens with zero attached hydrogens (tertiary/aromatic N) is 1. The Bertz CT molecular complexity index is 518. The monoisotopic (exact) mass is 295 g/mol. The molecule has 2 aliphatic heterocycles. The van der Waals surface area contributed by atoms with Crippen molar-refractivity contribution in [1.29, 1.82) is 0 Å². The zero-order valence-electron chi connectivity index (χ0n) is 10.2. The highest BCUT2D eigenvalue weighted by atomic mass is 32.2. The maximum atomic E-state index is 12.2. The second kappa shape index (κ2) is 5.48. The van der Waals surface area contributed by atoms with Crippen LogP contribution >= 0.6 is 23.1 Å². The van der Waals surface area contributed by atoms with Gasteiger partial charge in [-0.25, -0.2) is 0 Å². The lowest BCUT2D eigenvalue weighted by Crippen LogP contribution is -2.35. The van der Waals surface area contributed by atoms with Gasteiger partial charge in [0, 0.05) is 11.5 Å². The van der Waals surface area contributed by atoms with Crippen LogP contribution in [0.5, 0.6) is 0 Å². The van der Waals surface area contributed by atoms with Gasteiger partial charge in [0.25, 0.3) is 11.1 Å². The van der Waals surface area contributed by atoms with Gasteiger partial charge in [0.05, 0.1) is 17.6 Å². The molecule has 0 saturated carbocycles. The third-order valence-corrected chi connectivity index (χ3v) is 4.83. The molecule has 2 amide bonds. The fourth-order valence-corrected chi connectivity index (χ4v) is 3.72. The summed E-state index contributed by atoms with van der Waals surface area (Å²) >= 11 is 2.56. The van der Waals surface area contributed by atoms with Crippen molar-refractivity contribution in [1.82, 2.24) is 4.90 Å². The zero-order valence-corrected chi connectivity index (χ0v) is 11.8. The highest BCUT2D eigenvalue weighted by Crippen LogP contribution is 2.33. The van der Waals surface area contributed by atoms with E-state index in [4.69, 9.17) is 4.74 Å². The minimum atomic E-state index is -0.195. The van der Waals surface area contributed by atoms with Crippen LogP contribution in [0.3, 0.4) is 0 Å². The number of imide groups is 1. The standard InChI is InChI=1S/C13H13NO3S2/c15-12-11(7-10-4-2-6-18-10)19-13(16)14(12)8-9-3-1-5-17-9/h2,4,6-7,9H,1,3,5,8H2/b11-7+. The molecule has 1 aromatic rings. The van der Waals surface area contributed by atoms with Gasteiger partial charge in [-0.2, -0.15) is 0 Å². The van der Waals surface area contributed by atoms with E-state index in [1.165, 1.54) is 4.90 Å². The van der Waals surface area contributed by atoms with Gasteiger partial charge in [0.15, 0.2) is 0 Å². The van der Waals surface area contributed by atoms with Crippen LogP contribution in [0.2, 0.25) is 0 Å². The number of hydrogen-bond donors (Lipinski definition) is 0. The smallest absolute Gasteiger partial charge is 0.293 e. The van der Waals surface area contributed by atoms with E-state index in [9.17, 15) is 9.59 Å². The number of ether oxygens (including phenoxy) is 1. The fourth-order valence-electron chi connectivity index (χ4n) is 2.15. The van der Waals surface area contributed by atoms with Crippen LogP contribution < -0.4 is 0 Å². The summed E-state index contributed by atoms with van der Waals surface area (Å²) in [6.07, 6.45) is 3.72. The Morgan fingerprint density at radius 2 is 2.37 bits per heavy atom. The van der Waals surface area contributed by atoms with E-state index >= 15 is 0 Å². The number of carbonyl (C=O) groups is 2. The van der Waals surface area contributed by atoms with Gasteiger partial charge in [-0.15, -0.1) is 11.3 Å². The molecule has 19 heavy (non-hydrogen) atoms. The molecular formula is C13H13NO3S2. The second-order valence-electron chi connectivity index (χ2n) is 4.44. The summed E-state index contributed by atoms with van der Waals surface area (Å²) in [5.41, 5.74) is 0. The Morgan fingerprint density at radius 1 is 1.47 bits per heavy atom. The number of carbonyl (C=O) groups excluding carboxylic acids is 2. The first kappa shape index (κ1) is 12.9. The van der Waals surface area contributed by atoms with Crippen molar-refractivity contribution in [3.8, 4) is 0 Å². The molecule has 0 aromatic carbocycles. The molecule has 2 aliphatic rings. The average molecular weight is 295 g/mol. The molecule has 0 radical (unpaired) electrons. The molecular weight excluding hydrogens is 282 g/mol. The van der Waals surface area contributed by atoms with Crippen LogP contribution in [0.4, 0.5) is 4.79 Å². The van der Waals surface area contributed by atoms with Crippen LogP contribution in [0, 0.1) is 0 Å². The third kappa shape index (κ3) is 2.75. The number of amides is 2.